The van der Waals surface area contributed by atoms with Crippen LogP contribution in [0.5, 0.6) is 0 Å². The van der Waals surface area contributed by atoms with Crippen LogP contribution in [0.25, 0.3) is 0 Å². The standard InChI is InChI=1S/C17H29NO/c1-6-8-18-17(15(5)19-7-2)12-16-10-13(3)9-14(4)11-16/h9-11,15,17-18H,6-8,12H2,1-5H3. The summed E-state index contributed by atoms with van der Waals surface area (Å²) in [6.45, 7) is 12.6. The van der Waals surface area contributed by atoms with E-state index in [1.54, 1.807) is 0 Å². The molecular formula is C17H29NO. The van der Waals surface area contributed by atoms with Gasteiger partial charge in [-0.05, 0) is 52.6 Å². The average Bonchev–Trinajstić information content (AvgIpc) is 2.33. The predicted molar refractivity (Wildman–Crippen MR) is 82.8 cm³/mol. The molecule has 2 atom stereocenters. The molecule has 0 spiro atoms. The highest BCUT2D eigenvalue weighted by Gasteiger charge is 2.17. The lowest BCUT2D eigenvalue weighted by molar-refractivity contribution is 0.0476. The van der Waals surface area contributed by atoms with Gasteiger partial charge >= 0.3 is 0 Å². The molecule has 1 rings (SSSR count). The van der Waals surface area contributed by atoms with Gasteiger partial charge in [0.25, 0.3) is 0 Å². The Morgan fingerprint density at radius 1 is 1.11 bits per heavy atom. The lowest BCUT2D eigenvalue weighted by Gasteiger charge is -2.25. The first-order valence-corrected chi connectivity index (χ1v) is 7.49. The van der Waals surface area contributed by atoms with Crippen molar-refractivity contribution in [3.05, 3.63) is 34.9 Å². The first kappa shape index (κ1) is 16.2. The van der Waals surface area contributed by atoms with Gasteiger partial charge < -0.3 is 10.1 Å². The van der Waals surface area contributed by atoms with Gasteiger partial charge in [0.1, 0.15) is 0 Å². The van der Waals surface area contributed by atoms with E-state index in [0.717, 1.165) is 26.0 Å². The Labute approximate surface area is 118 Å². The average molecular weight is 263 g/mol. The van der Waals surface area contributed by atoms with E-state index in [4.69, 9.17) is 4.74 Å². The van der Waals surface area contributed by atoms with Gasteiger partial charge in [-0.2, -0.15) is 0 Å². The third-order valence-electron chi connectivity index (χ3n) is 3.39. The van der Waals surface area contributed by atoms with Crippen molar-refractivity contribution in [2.75, 3.05) is 13.2 Å². The van der Waals surface area contributed by atoms with E-state index in [2.05, 4.69) is 58.1 Å². The van der Waals surface area contributed by atoms with Crippen molar-refractivity contribution < 1.29 is 4.74 Å². The third-order valence-corrected chi connectivity index (χ3v) is 3.39. The van der Waals surface area contributed by atoms with E-state index in [1.807, 2.05) is 0 Å². The minimum Gasteiger partial charge on any atom is -0.377 e. The molecular weight excluding hydrogens is 234 g/mol. The van der Waals surface area contributed by atoms with Crippen LogP contribution in [0.1, 0.15) is 43.9 Å². The summed E-state index contributed by atoms with van der Waals surface area (Å²) in [4.78, 5) is 0. The molecule has 0 amide bonds. The van der Waals surface area contributed by atoms with Crippen molar-refractivity contribution in [3.63, 3.8) is 0 Å². The second-order valence-corrected chi connectivity index (χ2v) is 5.42. The van der Waals surface area contributed by atoms with E-state index in [0.29, 0.717) is 6.04 Å². The lowest BCUT2D eigenvalue weighted by atomic mass is 9.98. The van der Waals surface area contributed by atoms with Crippen LogP contribution in [0.3, 0.4) is 0 Å². The van der Waals surface area contributed by atoms with Crippen LogP contribution < -0.4 is 5.32 Å². The molecule has 0 bridgehead atoms. The van der Waals surface area contributed by atoms with Crippen molar-refractivity contribution in [2.45, 2.75) is 59.6 Å². The molecule has 0 fully saturated rings. The second-order valence-electron chi connectivity index (χ2n) is 5.42. The molecule has 0 aliphatic carbocycles. The van der Waals surface area contributed by atoms with Gasteiger partial charge in [0.15, 0.2) is 0 Å². The molecule has 2 unspecified atom stereocenters. The summed E-state index contributed by atoms with van der Waals surface area (Å²) in [6.07, 6.45) is 2.43. The van der Waals surface area contributed by atoms with Crippen LogP contribution in [-0.4, -0.2) is 25.3 Å². The Morgan fingerprint density at radius 3 is 2.26 bits per heavy atom. The molecule has 2 nitrogen and oxygen atoms in total. The van der Waals surface area contributed by atoms with Gasteiger partial charge in [-0.15, -0.1) is 0 Å². The first-order valence-electron chi connectivity index (χ1n) is 7.49. The molecule has 0 aliphatic heterocycles. The molecule has 19 heavy (non-hydrogen) atoms. The molecule has 0 saturated carbocycles. The van der Waals surface area contributed by atoms with Gasteiger partial charge in [-0.1, -0.05) is 36.2 Å². The quantitative estimate of drug-likeness (QED) is 0.773. The fourth-order valence-corrected chi connectivity index (χ4v) is 2.55. The maximum atomic E-state index is 5.77. The summed E-state index contributed by atoms with van der Waals surface area (Å²) < 4.78 is 5.77. The predicted octanol–water partition coefficient (Wildman–Crippen LogP) is 3.64. The van der Waals surface area contributed by atoms with Gasteiger partial charge in [-0.25, -0.2) is 0 Å². The van der Waals surface area contributed by atoms with Crippen molar-refractivity contribution in [1.29, 1.82) is 0 Å². The number of rotatable bonds is 8. The summed E-state index contributed by atoms with van der Waals surface area (Å²) in [6, 6.07) is 7.18. The van der Waals surface area contributed by atoms with Crippen molar-refractivity contribution >= 4 is 0 Å². The zero-order valence-corrected chi connectivity index (χ0v) is 13.1. The fraction of sp³-hybridized carbons (Fsp3) is 0.647. The number of hydrogen-bond donors (Lipinski definition) is 1. The van der Waals surface area contributed by atoms with Crippen LogP contribution in [0.15, 0.2) is 18.2 Å². The van der Waals surface area contributed by atoms with Crippen molar-refractivity contribution in [1.82, 2.24) is 5.32 Å². The molecule has 2 heteroatoms. The molecule has 0 aromatic heterocycles. The smallest absolute Gasteiger partial charge is 0.0703 e. The number of ether oxygens (including phenoxy) is 1. The summed E-state index contributed by atoms with van der Waals surface area (Å²) in [5.74, 6) is 0. The maximum absolute atomic E-state index is 5.77. The molecule has 0 heterocycles. The van der Waals surface area contributed by atoms with Crippen molar-refractivity contribution in [2.24, 2.45) is 0 Å². The summed E-state index contributed by atoms with van der Waals surface area (Å²) in [5, 5.41) is 3.62. The minimum atomic E-state index is 0.248. The Kier molecular flexibility index (Phi) is 7.11. The van der Waals surface area contributed by atoms with E-state index in [1.165, 1.54) is 16.7 Å². The Bertz CT molecular complexity index is 355. The SMILES string of the molecule is CCCNC(Cc1cc(C)cc(C)c1)C(C)OCC. The Morgan fingerprint density at radius 2 is 1.74 bits per heavy atom. The summed E-state index contributed by atoms with van der Waals surface area (Å²) in [7, 11) is 0. The maximum Gasteiger partial charge on any atom is 0.0703 e. The van der Waals surface area contributed by atoms with Crippen LogP contribution in [0.4, 0.5) is 0 Å². The highest BCUT2D eigenvalue weighted by molar-refractivity contribution is 5.29. The summed E-state index contributed by atoms with van der Waals surface area (Å²) >= 11 is 0. The zero-order chi connectivity index (χ0) is 14.3. The molecule has 108 valence electrons. The highest BCUT2D eigenvalue weighted by Crippen LogP contribution is 2.13. The fourth-order valence-electron chi connectivity index (χ4n) is 2.55. The van der Waals surface area contributed by atoms with Gasteiger partial charge in [0.2, 0.25) is 0 Å². The normalized spacial score (nSPS) is 14.4. The Hall–Kier alpha value is -0.860. The number of nitrogens with one attached hydrogen (secondary N) is 1. The molecule has 0 aliphatic rings. The first-order chi connectivity index (χ1) is 9.06. The van der Waals surface area contributed by atoms with E-state index < -0.39 is 0 Å². The van der Waals surface area contributed by atoms with Gasteiger partial charge in [0, 0.05) is 12.6 Å². The molecule has 1 N–H and O–H groups in total. The van der Waals surface area contributed by atoms with E-state index >= 15 is 0 Å². The topological polar surface area (TPSA) is 21.3 Å². The number of aryl methyl sites for hydroxylation is 2. The largest absolute Gasteiger partial charge is 0.377 e. The second kappa shape index (κ2) is 8.34. The highest BCUT2D eigenvalue weighted by atomic mass is 16.5. The lowest BCUT2D eigenvalue weighted by Crippen LogP contribution is -2.42. The van der Waals surface area contributed by atoms with Crippen molar-refractivity contribution in [3.8, 4) is 0 Å². The minimum absolute atomic E-state index is 0.248. The Balaban J connectivity index is 2.74. The molecule has 0 saturated heterocycles. The van der Waals surface area contributed by atoms with Crippen LogP contribution >= 0.6 is 0 Å². The monoisotopic (exact) mass is 263 g/mol. The molecule has 0 radical (unpaired) electrons. The van der Waals surface area contributed by atoms with Crippen LogP contribution in [-0.2, 0) is 11.2 Å². The number of benzene rings is 1. The summed E-state index contributed by atoms with van der Waals surface area (Å²) in [5.41, 5.74) is 4.08. The van der Waals surface area contributed by atoms with Gasteiger partial charge in [0.05, 0.1) is 6.10 Å². The van der Waals surface area contributed by atoms with E-state index in [9.17, 15) is 0 Å². The zero-order valence-electron chi connectivity index (χ0n) is 13.1. The molecule has 1 aromatic carbocycles. The van der Waals surface area contributed by atoms with Gasteiger partial charge in [-0.3, -0.25) is 0 Å². The molecule has 1 aromatic rings. The number of hydrogen-bond acceptors (Lipinski definition) is 2. The van der Waals surface area contributed by atoms with Crippen LogP contribution in [0, 0.1) is 13.8 Å². The van der Waals surface area contributed by atoms with E-state index in [-0.39, 0.29) is 6.10 Å². The third kappa shape index (κ3) is 5.75. The van der Waals surface area contributed by atoms with Crippen LogP contribution in [0.2, 0.25) is 0 Å².